The van der Waals surface area contributed by atoms with Crippen molar-refractivity contribution in [3.63, 3.8) is 0 Å². The Morgan fingerprint density at radius 1 is 1.31 bits per heavy atom. The molecule has 0 aromatic carbocycles. The first-order valence-corrected chi connectivity index (χ1v) is 10.8. The highest BCUT2D eigenvalue weighted by Crippen LogP contribution is 2.47. The summed E-state index contributed by atoms with van der Waals surface area (Å²) in [5.41, 5.74) is 1.46. The zero-order chi connectivity index (χ0) is 19.4. The molecule has 1 rings (SSSR count). The van der Waals surface area contributed by atoms with E-state index in [1.54, 1.807) is 0 Å². The first kappa shape index (κ1) is 23.0. The molecular weight excluding hydrogens is 388 g/mol. The summed E-state index contributed by atoms with van der Waals surface area (Å²) in [5.74, 6) is 5.91. The van der Waals surface area contributed by atoms with E-state index < -0.39 is 0 Å². The average molecular weight is 423 g/mol. The second-order valence-electron chi connectivity index (χ2n) is 7.86. The molecule has 1 saturated carbocycles. The van der Waals surface area contributed by atoms with E-state index in [-0.39, 0.29) is 5.97 Å². The van der Waals surface area contributed by atoms with Crippen LogP contribution in [-0.2, 0) is 9.53 Å². The van der Waals surface area contributed by atoms with Gasteiger partial charge in [-0.05, 0) is 73.9 Å². The molecule has 0 saturated heterocycles. The van der Waals surface area contributed by atoms with Crippen molar-refractivity contribution in [2.75, 3.05) is 7.11 Å². The second kappa shape index (κ2) is 13.2. The predicted molar refractivity (Wildman–Crippen MR) is 114 cm³/mol. The van der Waals surface area contributed by atoms with Gasteiger partial charge in [0.1, 0.15) is 0 Å². The summed E-state index contributed by atoms with van der Waals surface area (Å²) in [5, 5.41) is 0. The molecule has 0 amide bonds. The molecule has 0 N–H and O–H groups in total. The first-order chi connectivity index (χ1) is 12.5. The van der Waals surface area contributed by atoms with Crippen molar-refractivity contribution < 1.29 is 9.53 Å². The third-order valence-electron chi connectivity index (χ3n) is 5.42. The molecule has 0 aromatic rings. The lowest BCUT2D eigenvalue weighted by Crippen LogP contribution is -2.00. The molecule has 146 valence electrons. The molecule has 4 atom stereocenters. The molecule has 1 aliphatic rings. The van der Waals surface area contributed by atoms with Crippen LogP contribution in [0.1, 0.15) is 72.1 Å². The van der Waals surface area contributed by atoms with Crippen molar-refractivity contribution in [1.29, 1.82) is 0 Å². The summed E-state index contributed by atoms with van der Waals surface area (Å²) < 4.78 is 4.70. The zero-order valence-corrected chi connectivity index (χ0v) is 18.5. The van der Waals surface area contributed by atoms with Gasteiger partial charge in [-0.1, -0.05) is 43.6 Å². The lowest BCUT2D eigenvalue weighted by molar-refractivity contribution is -0.140. The number of allylic oxidation sites excluding steroid dienone is 4. The van der Waals surface area contributed by atoms with Gasteiger partial charge in [0.25, 0.3) is 0 Å². The number of carbonyl (C=O) groups excluding carboxylic acids is 1. The molecule has 0 heterocycles. The van der Waals surface area contributed by atoms with E-state index in [9.17, 15) is 4.79 Å². The van der Waals surface area contributed by atoms with E-state index in [0.717, 1.165) is 31.1 Å². The Balaban J connectivity index is 2.18. The monoisotopic (exact) mass is 422 g/mol. The Labute approximate surface area is 169 Å². The molecule has 0 radical (unpaired) electrons. The molecule has 1 fully saturated rings. The Morgan fingerprint density at radius 2 is 2.08 bits per heavy atom. The molecule has 2 nitrogen and oxygen atoms in total. The lowest BCUT2D eigenvalue weighted by atomic mass is 9.98. The van der Waals surface area contributed by atoms with Gasteiger partial charge in [0, 0.05) is 28.8 Å². The number of esters is 1. The molecule has 26 heavy (non-hydrogen) atoms. The third-order valence-corrected chi connectivity index (χ3v) is 5.70. The minimum absolute atomic E-state index is 0.0822. The third kappa shape index (κ3) is 10.2. The minimum Gasteiger partial charge on any atom is -0.469 e. The molecule has 0 aromatic heterocycles. The van der Waals surface area contributed by atoms with Gasteiger partial charge >= 0.3 is 5.97 Å². The minimum atomic E-state index is -0.0822. The number of ether oxygens (including phenoxy) is 1. The van der Waals surface area contributed by atoms with Crippen molar-refractivity contribution in [3.8, 4) is 10.8 Å². The van der Waals surface area contributed by atoms with Gasteiger partial charge in [-0.3, -0.25) is 4.79 Å². The van der Waals surface area contributed by atoms with Crippen LogP contribution in [0.4, 0.5) is 0 Å². The van der Waals surface area contributed by atoms with E-state index in [1.165, 1.54) is 38.4 Å². The Morgan fingerprint density at radius 3 is 2.77 bits per heavy atom. The molecule has 3 heteroatoms. The summed E-state index contributed by atoms with van der Waals surface area (Å²) >= 11 is 3.15. The van der Waals surface area contributed by atoms with Crippen molar-refractivity contribution in [1.82, 2.24) is 0 Å². The summed E-state index contributed by atoms with van der Waals surface area (Å²) in [4.78, 5) is 13.9. The number of rotatable bonds is 12. The van der Waals surface area contributed by atoms with Crippen LogP contribution in [0.2, 0.25) is 0 Å². The van der Waals surface area contributed by atoms with Crippen LogP contribution in [0.5, 0.6) is 0 Å². The average Bonchev–Trinajstić information content (AvgIpc) is 3.39. The van der Waals surface area contributed by atoms with Crippen LogP contribution in [-0.4, -0.2) is 13.1 Å². The van der Waals surface area contributed by atoms with Gasteiger partial charge in [0.05, 0.1) is 7.11 Å². The highest BCUT2D eigenvalue weighted by atomic mass is 79.9. The maximum absolute atomic E-state index is 11.1. The molecule has 0 bridgehead atoms. The number of methoxy groups -OCH3 is 1. The lowest BCUT2D eigenvalue weighted by Gasteiger charge is -2.07. The van der Waals surface area contributed by atoms with Gasteiger partial charge in [0.15, 0.2) is 0 Å². The fourth-order valence-corrected chi connectivity index (χ4v) is 3.68. The van der Waals surface area contributed by atoms with Gasteiger partial charge in [0.2, 0.25) is 0 Å². The summed E-state index contributed by atoms with van der Waals surface area (Å²) in [6.45, 7) is 6.82. The maximum Gasteiger partial charge on any atom is 0.305 e. The first-order valence-electron chi connectivity index (χ1n) is 9.97. The molecule has 0 spiro atoms. The zero-order valence-electron chi connectivity index (χ0n) is 16.9. The normalized spacial score (nSPS) is 21.8. The maximum atomic E-state index is 11.1. The van der Waals surface area contributed by atoms with E-state index in [4.69, 9.17) is 4.74 Å². The summed E-state index contributed by atoms with van der Waals surface area (Å²) in [6, 6.07) is 0. The van der Waals surface area contributed by atoms with Gasteiger partial charge in [-0.25, -0.2) is 0 Å². The van der Waals surface area contributed by atoms with Crippen molar-refractivity contribution in [2.24, 2.45) is 23.7 Å². The largest absolute Gasteiger partial charge is 0.469 e. The van der Waals surface area contributed by atoms with Crippen LogP contribution < -0.4 is 0 Å². The van der Waals surface area contributed by atoms with Crippen molar-refractivity contribution in [2.45, 2.75) is 72.1 Å². The SMILES string of the molecule is COC(=O)CCCC1CC1C(C)C=CC=C(C)CCCC(C)CC#CBr. The van der Waals surface area contributed by atoms with Crippen LogP contribution >= 0.6 is 15.9 Å². The van der Waals surface area contributed by atoms with Gasteiger partial charge in [-0.2, -0.15) is 0 Å². The smallest absolute Gasteiger partial charge is 0.305 e. The number of halogens is 1. The van der Waals surface area contributed by atoms with Crippen LogP contribution in [0, 0.1) is 34.4 Å². The van der Waals surface area contributed by atoms with Crippen LogP contribution in [0.15, 0.2) is 23.8 Å². The molecule has 1 aliphatic carbocycles. The van der Waals surface area contributed by atoms with Gasteiger partial charge < -0.3 is 4.74 Å². The van der Waals surface area contributed by atoms with Crippen molar-refractivity contribution >= 4 is 21.9 Å². The number of hydrogen-bond acceptors (Lipinski definition) is 2. The highest BCUT2D eigenvalue weighted by Gasteiger charge is 2.39. The Hall–Kier alpha value is -1.01. The van der Waals surface area contributed by atoms with Crippen molar-refractivity contribution in [3.05, 3.63) is 23.8 Å². The molecular formula is C23H35BrO2. The second-order valence-corrected chi connectivity index (χ2v) is 8.25. The quantitative estimate of drug-likeness (QED) is 0.199. The standard InChI is InChI=1S/C23H35BrO2/c1-18(9-5-10-19(2)12-8-16-24)11-6-13-20(3)22-17-21(22)14-7-15-23(25)26-4/h6,11,13,19-22H,5,7,9-10,12,14-15,17H2,1-4H3. The van der Waals surface area contributed by atoms with E-state index in [1.807, 2.05) is 0 Å². The molecule has 4 unspecified atom stereocenters. The van der Waals surface area contributed by atoms with Crippen LogP contribution in [0.25, 0.3) is 0 Å². The van der Waals surface area contributed by atoms with E-state index in [0.29, 0.717) is 18.3 Å². The Kier molecular flexibility index (Phi) is 11.7. The van der Waals surface area contributed by atoms with Gasteiger partial charge in [-0.15, -0.1) is 0 Å². The fourth-order valence-electron chi connectivity index (χ4n) is 3.52. The Bertz CT molecular complexity index is 538. The van der Waals surface area contributed by atoms with E-state index in [2.05, 4.69) is 65.7 Å². The summed E-state index contributed by atoms with van der Waals surface area (Å²) in [6.07, 6.45) is 15.5. The number of hydrogen-bond donors (Lipinski definition) is 0. The van der Waals surface area contributed by atoms with E-state index >= 15 is 0 Å². The molecule has 0 aliphatic heterocycles. The fraction of sp³-hybridized carbons (Fsp3) is 0.696. The topological polar surface area (TPSA) is 26.3 Å². The van der Waals surface area contributed by atoms with Crippen LogP contribution in [0.3, 0.4) is 0 Å². The summed E-state index contributed by atoms with van der Waals surface area (Å²) in [7, 11) is 1.46. The highest BCUT2D eigenvalue weighted by molar-refractivity contribution is 9.12. The number of carbonyl (C=O) groups is 1. The predicted octanol–water partition coefficient (Wildman–Crippen LogP) is 6.66.